The minimum absolute atomic E-state index is 0.207. The van der Waals surface area contributed by atoms with Gasteiger partial charge in [-0.25, -0.2) is 4.39 Å². The van der Waals surface area contributed by atoms with Gasteiger partial charge in [0.25, 0.3) is 0 Å². The van der Waals surface area contributed by atoms with E-state index in [1.807, 2.05) is 12.1 Å². The third-order valence-corrected chi connectivity index (χ3v) is 4.15. The van der Waals surface area contributed by atoms with Crippen molar-refractivity contribution in [2.45, 2.75) is 18.9 Å². The Morgan fingerprint density at radius 1 is 1.16 bits per heavy atom. The summed E-state index contributed by atoms with van der Waals surface area (Å²) in [6.45, 7) is 7.21. The highest BCUT2D eigenvalue weighted by atomic mass is 19.1. The Hall–Kier alpha value is -0.970. The SMILES string of the molecule is CCC(N)(CN1CCN(C)CC1)c1ccc(F)cc1. The molecule has 0 aromatic heterocycles. The van der Waals surface area contributed by atoms with Crippen LogP contribution >= 0.6 is 0 Å². The lowest BCUT2D eigenvalue weighted by Crippen LogP contribution is -2.53. The Morgan fingerprint density at radius 2 is 1.74 bits per heavy atom. The van der Waals surface area contributed by atoms with Gasteiger partial charge in [-0.15, -0.1) is 0 Å². The van der Waals surface area contributed by atoms with Gasteiger partial charge in [0, 0.05) is 32.7 Å². The van der Waals surface area contributed by atoms with Gasteiger partial charge in [-0.3, -0.25) is 4.90 Å². The van der Waals surface area contributed by atoms with Crippen LogP contribution in [-0.4, -0.2) is 49.6 Å². The van der Waals surface area contributed by atoms with Crippen LogP contribution < -0.4 is 5.73 Å². The van der Waals surface area contributed by atoms with Gasteiger partial charge < -0.3 is 10.6 Å². The third-order valence-electron chi connectivity index (χ3n) is 4.15. The number of hydrogen-bond donors (Lipinski definition) is 1. The van der Waals surface area contributed by atoms with Crippen LogP contribution in [-0.2, 0) is 5.54 Å². The van der Waals surface area contributed by atoms with E-state index in [0.29, 0.717) is 0 Å². The maximum Gasteiger partial charge on any atom is 0.123 e. The fourth-order valence-corrected chi connectivity index (χ4v) is 2.59. The number of hydrogen-bond acceptors (Lipinski definition) is 3. The van der Waals surface area contributed by atoms with Gasteiger partial charge in [-0.1, -0.05) is 19.1 Å². The van der Waals surface area contributed by atoms with Gasteiger partial charge in [0.1, 0.15) is 5.82 Å². The first-order valence-corrected chi connectivity index (χ1v) is 6.99. The summed E-state index contributed by atoms with van der Waals surface area (Å²) < 4.78 is 13.0. The lowest BCUT2D eigenvalue weighted by atomic mass is 9.87. The predicted molar refractivity (Wildman–Crippen MR) is 76.5 cm³/mol. The van der Waals surface area contributed by atoms with Crippen LogP contribution in [0.25, 0.3) is 0 Å². The highest BCUT2D eigenvalue weighted by molar-refractivity contribution is 5.25. The first kappa shape index (κ1) is 14.4. The Balaban J connectivity index is 2.07. The highest BCUT2D eigenvalue weighted by Crippen LogP contribution is 2.24. The second-order valence-corrected chi connectivity index (χ2v) is 5.60. The molecule has 1 aromatic carbocycles. The number of likely N-dealkylation sites (N-methyl/N-ethyl adjacent to an activating group) is 1. The van der Waals surface area contributed by atoms with Crippen molar-refractivity contribution in [3.05, 3.63) is 35.6 Å². The molecule has 4 heteroatoms. The van der Waals surface area contributed by atoms with E-state index < -0.39 is 0 Å². The van der Waals surface area contributed by atoms with Crippen LogP contribution in [0.2, 0.25) is 0 Å². The number of nitrogens with two attached hydrogens (primary N) is 1. The minimum Gasteiger partial charge on any atom is -0.320 e. The molecule has 1 aliphatic rings. The fraction of sp³-hybridized carbons (Fsp3) is 0.600. The molecule has 0 saturated carbocycles. The highest BCUT2D eigenvalue weighted by Gasteiger charge is 2.29. The first-order chi connectivity index (χ1) is 9.03. The second-order valence-electron chi connectivity index (χ2n) is 5.60. The number of rotatable bonds is 4. The predicted octanol–water partition coefficient (Wildman–Crippen LogP) is 1.64. The van der Waals surface area contributed by atoms with E-state index >= 15 is 0 Å². The summed E-state index contributed by atoms with van der Waals surface area (Å²) in [5.41, 5.74) is 7.19. The lowest BCUT2D eigenvalue weighted by molar-refractivity contribution is 0.124. The van der Waals surface area contributed by atoms with E-state index in [4.69, 9.17) is 5.73 Å². The van der Waals surface area contributed by atoms with E-state index in [9.17, 15) is 4.39 Å². The van der Waals surface area contributed by atoms with Gasteiger partial charge in [0.2, 0.25) is 0 Å². The Bertz CT molecular complexity index is 398. The van der Waals surface area contributed by atoms with Gasteiger partial charge >= 0.3 is 0 Å². The van der Waals surface area contributed by atoms with Crippen molar-refractivity contribution in [1.29, 1.82) is 0 Å². The number of piperazine rings is 1. The molecule has 0 amide bonds. The topological polar surface area (TPSA) is 32.5 Å². The average Bonchev–Trinajstić information content (AvgIpc) is 2.42. The monoisotopic (exact) mass is 265 g/mol. The number of nitrogens with zero attached hydrogens (tertiary/aromatic N) is 2. The molecule has 0 radical (unpaired) electrons. The summed E-state index contributed by atoms with van der Waals surface area (Å²) in [6.07, 6.45) is 0.852. The largest absolute Gasteiger partial charge is 0.320 e. The summed E-state index contributed by atoms with van der Waals surface area (Å²) >= 11 is 0. The minimum atomic E-state index is -0.385. The molecule has 1 aliphatic heterocycles. The standard InChI is InChI=1S/C15H24FN3/c1-3-15(17,13-4-6-14(16)7-5-13)12-19-10-8-18(2)9-11-19/h4-7H,3,8-12,17H2,1-2H3. The second kappa shape index (κ2) is 5.99. The Kier molecular flexibility index (Phi) is 4.55. The quantitative estimate of drug-likeness (QED) is 0.898. The summed E-state index contributed by atoms with van der Waals surface area (Å²) in [7, 11) is 2.15. The molecule has 106 valence electrons. The zero-order valence-electron chi connectivity index (χ0n) is 11.9. The van der Waals surface area contributed by atoms with E-state index in [1.165, 1.54) is 12.1 Å². The van der Waals surface area contributed by atoms with Crippen molar-refractivity contribution < 1.29 is 4.39 Å². The summed E-state index contributed by atoms with van der Waals surface area (Å²) in [5.74, 6) is -0.207. The molecule has 1 saturated heterocycles. The molecule has 0 aliphatic carbocycles. The van der Waals surface area contributed by atoms with Crippen molar-refractivity contribution in [1.82, 2.24) is 9.80 Å². The smallest absolute Gasteiger partial charge is 0.123 e. The maximum atomic E-state index is 13.0. The molecule has 1 heterocycles. The molecule has 1 aromatic rings. The Morgan fingerprint density at radius 3 is 2.26 bits per heavy atom. The molecule has 2 N–H and O–H groups in total. The third kappa shape index (κ3) is 3.53. The number of halogens is 1. The molecule has 3 nitrogen and oxygen atoms in total. The van der Waals surface area contributed by atoms with Crippen LogP contribution in [0.15, 0.2) is 24.3 Å². The summed E-state index contributed by atoms with van der Waals surface area (Å²) in [5, 5.41) is 0. The van der Waals surface area contributed by atoms with Crippen LogP contribution in [0, 0.1) is 5.82 Å². The summed E-state index contributed by atoms with van der Waals surface area (Å²) in [6, 6.07) is 6.62. The van der Waals surface area contributed by atoms with Gasteiger partial charge in [-0.05, 0) is 31.2 Å². The van der Waals surface area contributed by atoms with Crippen LogP contribution in [0.5, 0.6) is 0 Å². The zero-order chi connectivity index (χ0) is 13.9. The zero-order valence-corrected chi connectivity index (χ0v) is 11.9. The molecule has 1 atom stereocenters. The molecule has 2 rings (SSSR count). The van der Waals surface area contributed by atoms with Crippen molar-refractivity contribution in [2.75, 3.05) is 39.8 Å². The first-order valence-electron chi connectivity index (χ1n) is 6.99. The van der Waals surface area contributed by atoms with Crippen molar-refractivity contribution in [3.63, 3.8) is 0 Å². The van der Waals surface area contributed by atoms with Gasteiger partial charge in [0.05, 0.1) is 5.54 Å². The molecule has 1 unspecified atom stereocenters. The van der Waals surface area contributed by atoms with Crippen molar-refractivity contribution >= 4 is 0 Å². The average molecular weight is 265 g/mol. The summed E-state index contributed by atoms with van der Waals surface area (Å²) in [4.78, 5) is 4.74. The maximum absolute atomic E-state index is 13.0. The van der Waals surface area contributed by atoms with E-state index in [1.54, 1.807) is 0 Å². The molecule has 1 fully saturated rings. The lowest BCUT2D eigenvalue weighted by Gasteiger charge is -2.39. The van der Waals surface area contributed by atoms with Crippen LogP contribution in [0.3, 0.4) is 0 Å². The van der Waals surface area contributed by atoms with E-state index in [2.05, 4.69) is 23.8 Å². The van der Waals surface area contributed by atoms with Gasteiger partial charge in [0.15, 0.2) is 0 Å². The van der Waals surface area contributed by atoms with Crippen molar-refractivity contribution in [2.24, 2.45) is 5.73 Å². The molecule has 0 bridgehead atoms. The van der Waals surface area contributed by atoms with E-state index in [-0.39, 0.29) is 11.4 Å². The van der Waals surface area contributed by atoms with Crippen LogP contribution in [0.1, 0.15) is 18.9 Å². The fourth-order valence-electron chi connectivity index (χ4n) is 2.59. The molecular formula is C15H24FN3. The molecular weight excluding hydrogens is 241 g/mol. The number of benzene rings is 1. The Labute approximate surface area is 115 Å². The van der Waals surface area contributed by atoms with Gasteiger partial charge in [-0.2, -0.15) is 0 Å². The van der Waals surface area contributed by atoms with Crippen molar-refractivity contribution in [3.8, 4) is 0 Å². The molecule has 0 spiro atoms. The molecule has 19 heavy (non-hydrogen) atoms. The normalized spacial score (nSPS) is 21.3. The van der Waals surface area contributed by atoms with E-state index in [0.717, 1.165) is 44.7 Å². The van der Waals surface area contributed by atoms with Crippen LogP contribution in [0.4, 0.5) is 4.39 Å².